The Morgan fingerprint density at radius 1 is 1.82 bits per heavy atom. The molecule has 0 aliphatic rings. The molecule has 1 aromatic heterocycles. The van der Waals surface area contributed by atoms with Gasteiger partial charge in [-0.05, 0) is 6.42 Å². The van der Waals surface area contributed by atoms with Crippen LogP contribution in [0.15, 0.2) is 4.42 Å². The molecular weight excluding hydrogens is 144 g/mol. The van der Waals surface area contributed by atoms with Crippen LogP contribution in [0.2, 0.25) is 0 Å². The molecule has 0 unspecified atom stereocenters. The van der Waals surface area contributed by atoms with Gasteiger partial charge >= 0.3 is 0 Å². The number of carbonyl (C=O) groups is 1. The molecule has 0 saturated carbocycles. The summed E-state index contributed by atoms with van der Waals surface area (Å²) in [6, 6.07) is 0. The molecule has 1 amide bonds. The van der Waals surface area contributed by atoms with Gasteiger partial charge in [0, 0.05) is 8.35 Å². The maximum Gasteiger partial charge on any atom is 0.286 e. The number of carbonyl (C=O) groups excluding carboxylic acids is 1. The van der Waals surface area contributed by atoms with Crippen molar-refractivity contribution >= 4 is 5.91 Å². The molecule has 1 aromatic rings. The van der Waals surface area contributed by atoms with Crippen LogP contribution in [0.3, 0.4) is 0 Å². The van der Waals surface area contributed by atoms with E-state index in [0.717, 1.165) is 0 Å². The Labute approximate surface area is 65.9 Å². The van der Waals surface area contributed by atoms with E-state index < -0.39 is 5.91 Å². The zero-order chi connectivity index (χ0) is 8.43. The highest BCUT2D eigenvalue weighted by Gasteiger charge is 2.13. The molecule has 0 saturated heterocycles. The summed E-state index contributed by atoms with van der Waals surface area (Å²) >= 11 is 0. The fraction of sp³-hybridized carbons (Fsp3) is 0.429. The highest BCUT2D eigenvalue weighted by Crippen LogP contribution is 2.09. The van der Waals surface area contributed by atoms with E-state index in [-0.39, 0.29) is 7.19 Å². The van der Waals surface area contributed by atoms with Gasteiger partial charge in [-0.2, -0.15) is 0 Å². The van der Waals surface area contributed by atoms with Crippen LogP contribution in [0.5, 0.6) is 0 Å². The van der Waals surface area contributed by atoms with E-state index in [1.54, 1.807) is 6.92 Å². The van der Waals surface area contributed by atoms with Gasteiger partial charge in [-0.25, -0.2) is 4.98 Å². The van der Waals surface area contributed by atoms with Crippen LogP contribution in [0.1, 0.15) is 30.5 Å². The summed E-state index contributed by atoms with van der Waals surface area (Å²) in [7, 11) is 0. The Bertz CT molecular complexity index is 283. The second-order valence-electron chi connectivity index (χ2n) is 2.23. The van der Waals surface area contributed by atoms with Crippen LogP contribution in [0.4, 0.5) is 0 Å². The first-order valence-electron chi connectivity index (χ1n) is 3.41. The van der Waals surface area contributed by atoms with Crippen LogP contribution in [0.25, 0.3) is 0 Å². The molecular formula is C7H12N2O2. The number of hydrogen-bond acceptors (Lipinski definition) is 3. The van der Waals surface area contributed by atoms with Gasteiger partial charge in [0.05, 0.1) is 5.69 Å². The summed E-state index contributed by atoms with van der Waals surface area (Å²) < 4.78 is 4.98. The summed E-state index contributed by atoms with van der Waals surface area (Å²) in [4.78, 5) is 14.7. The molecule has 1 heterocycles. The molecule has 0 aromatic carbocycles. The summed E-state index contributed by atoms with van der Waals surface area (Å²) in [6.07, 6.45) is 0.662. The summed E-state index contributed by atoms with van der Waals surface area (Å²) in [5.41, 5.74) is 5.67. The fourth-order valence-electron chi connectivity index (χ4n) is 0.902. The lowest BCUT2D eigenvalue weighted by Gasteiger charge is -1.89. The second-order valence-corrected chi connectivity index (χ2v) is 2.23. The quantitative estimate of drug-likeness (QED) is 0.691. The molecule has 0 spiro atoms. The number of amides is 1. The van der Waals surface area contributed by atoms with Crippen molar-refractivity contribution in [2.45, 2.75) is 20.3 Å². The summed E-state index contributed by atoms with van der Waals surface area (Å²) in [6.45, 7) is 3.58. The largest absolute Gasteiger partial charge is 0.436 e. The van der Waals surface area contributed by atoms with Crippen molar-refractivity contribution in [2.75, 3.05) is 0 Å². The highest BCUT2D eigenvalue weighted by molar-refractivity contribution is 5.90. The Balaban J connectivity index is 0.00000121. The Hall–Kier alpha value is -1.32. The lowest BCUT2D eigenvalue weighted by Crippen LogP contribution is -2.11. The lowest BCUT2D eigenvalue weighted by atomic mass is 10.3. The number of nitrogens with zero attached hydrogens (tertiary/aromatic N) is 1. The molecule has 4 heteroatoms. The van der Waals surface area contributed by atoms with Crippen molar-refractivity contribution in [1.82, 2.24) is 4.98 Å². The van der Waals surface area contributed by atoms with E-state index >= 15 is 0 Å². The second kappa shape index (κ2) is 2.74. The average Bonchev–Trinajstić information content (AvgIpc) is 2.30. The van der Waals surface area contributed by atoms with Gasteiger partial charge in [0.25, 0.3) is 5.91 Å². The predicted molar refractivity (Wildman–Crippen MR) is 41.2 cm³/mol. The van der Waals surface area contributed by atoms with E-state index in [4.69, 9.17) is 10.2 Å². The van der Waals surface area contributed by atoms with Crippen LogP contribution in [0, 0.1) is 6.92 Å². The van der Waals surface area contributed by atoms with Crippen LogP contribution in [-0.2, 0) is 6.42 Å². The SMILES string of the molecule is CCc1nc(C)oc1C(N)=O.[HH]. The molecule has 0 radical (unpaired) electrons. The number of primary amides is 1. The van der Waals surface area contributed by atoms with Gasteiger partial charge in [-0.3, -0.25) is 4.79 Å². The minimum atomic E-state index is -0.553. The third-order valence-electron chi connectivity index (χ3n) is 1.36. The van der Waals surface area contributed by atoms with Gasteiger partial charge in [0.15, 0.2) is 5.89 Å². The van der Waals surface area contributed by atoms with E-state index in [2.05, 4.69) is 4.98 Å². The van der Waals surface area contributed by atoms with E-state index in [1.165, 1.54) is 0 Å². The van der Waals surface area contributed by atoms with Gasteiger partial charge in [-0.15, -0.1) is 0 Å². The summed E-state index contributed by atoms with van der Waals surface area (Å²) in [5, 5.41) is 0. The van der Waals surface area contributed by atoms with Crippen molar-refractivity contribution in [3.63, 3.8) is 0 Å². The highest BCUT2D eigenvalue weighted by atomic mass is 16.4. The molecule has 2 N–H and O–H groups in total. The van der Waals surface area contributed by atoms with Gasteiger partial charge in [0.1, 0.15) is 0 Å². The van der Waals surface area contributed by atoms with Crippen LogP contribution < -0.4 is 5.73 Å². The molecule has 62 valence electrons. The maximum atomic E-state index is 10.7. The zero-order valence-corrected chi connectivity index (χ0v) is 6.55. The maximum absolute atomic E-state index is 10.7. The number of oxazole rings is 1. The van der Waals surface area contributed by atoms with Crippen molar-refractivity contribution in [1.29, 1.82) is 0 Å². The number of rotatable bonds is 2. The summed E-state index contributed by atoms with van der Waals surface area (Å²) in [5.74, 6) is 0.114. The van der Waals surface area contributed by atoms with Crippen molar-refractivity contribution in [2.24, 2.45) is 5.73 Å². The van der Waals surface area contributed by atoms with Crippen molar-refractivity contribution in [3.05, 3.63) is 17.3 Å². The number of aryl methyl sites for hydroxylation is 2. The average molecular weight is 156 g/mol. The Morgan fingerprint density at radius 2 is 2.45 bits per heavy atom. The topological polar surface area (TPSA) is 69.1 Å². The van der Waals surface area contributed by atoms with Crippen LogP contribution >= 0.6 is 0 Å². The normalized spacial score (nSPS) is 10.0. The number of nitrogens with two attached hydrogens (primary N) is 1. The molecule has 0 fully saturated rings. The third-order valence-corrected chi connectivity index (χ3v) is 1.36. The van der Waals surface area contributed by atoms with Crippen molar-refractivity contribution < 1.29 is 10.6 Å². The molecule has 0 atom stereocenters. The van der Waals surface area contributed by atoms with Crippen molar-refractivity contribution in [3.8, 4) is 0 Å². The smallest absolute Gasteiger partial charge is 0.286 e. The molecule has 0 bridgehead atoms. The molecule has 0 aliphatic carbocycles. The van der Waals surface area contributed by atoms with Gasteiger partial charge in [-0.1, -0.05) is 6.92 Å². The molecule has 4 nitrogen and oxygen atoms in total. The van der Waals surface area contributed by atoms with Gasteiger partial charge < -0.3 is 10.2 Å². The van der Waals surface area contributed by atoms with E-state index in [9.17, 15) is 4.79 Å². The predicted octanol–water partition coefficient (Wildman–Crippen LogP) is 0.890. The number of hydrogen-bond donors (Lipinski definition) is 1. The van der Waals surface area contributed by atoms with Crippen LogP contribution in [-0.4, -0.2) is 10.9 Å². The van der Waals surface area contributed by atoms with Gasteiger partial charge in [0.2, 0.25) is 5.76 Å². The first-order valence-corrected chi connectivity index (χ1v) is 3.41. The minimum Gasteiger partial charge on any atom is -0.436 e. The first-order chi connectivity index (χ1) is 5.15. The lowest BCUT2D eigenvalue weighted by molar-refractivity contribution is 0.0971. The molecule has 1 rings (SSSR count). The number of aromatic nitrogens is 1. The molecule has 0 aliphatic heterocycles. The zero-order valence-electron chi connectivity index (χ0n) is 6.55. The Kier molecular flexibility index (Phi) is 1.94. The third kappa shape index (κ3) is 1.39. The first kappa shape index (κ1) is 7.78. The minimum absolute atomic E-state index is 0. The van der Waals surface area contributed by atoms with E-state index in [0.29, 0.717) is 18.0 Å². The standard InChI is InChI=1S/C7H10N2O2.H2/c1-3-5-6(7(8)10)11-4(2)9-5;/h3H2,1-2H3,(H2,8,10);1H. The van der Waals surface area contributed by atoms with E-state index in [1.807, 2.05) is 6.92 Å². The molecule has 11 heavy (non-hydrogen) atoms. The Morgan fingerprint density at radius 3 is 2.82 bits per heavy atom. The fourth-order valence-corrected chi connectivity index (χ4v) is 0.902. The monoisotopic (exact) mass is 156 g/mol.